The van der Waals surface area contributed by atoms with Crippen LogP contribution in [0.4, 0.5) is 0 Å². The van der Waals surface area contributed by atoms with Crippen LogP contribution in [0.1, 0.15) is 77.6 Å². The number of rotatable bonds is 0. The summed E-state index contributed by atoms with van der Waals surface area (Å²) < 4.78 is 0. The standard InChI is InChI=1S/C33H62N12/c1-13-7-6-12-18-19(13)31-43-30(18)41-28-15-9-3-2-8-14(15)26(39-28)38-27-16-10-4-5-11-17(16)29(40-27)42-32-20-21(33(44-31)45-32)23(35)25(37)24(36)22(20)34/h13-33,38-45H,2-12,34-37H2,1H3. The molecule has 254 valence electrons. The summed E-state index contributed by atoms with van der Waals surface area (Å²) in [5.74, 6) is 4.54. The molecule has 45 heavy (non-hydrogen) atoms. The second kappa shape index (κ2) is 11.8. The van der Waals surface area contributed by atoms with Gasteiger partial charge in [-0.25, -0.2) is 0 Å². The summed E-state index contributed by atoms with van der Waals surface area (Å²) in [5.41, 5.74) is 27.4. The van der Waals surface area contributed by atoms with Gasteiger partial charge in [0.05, 0.1) is 49.3 Å². The van der Waals surface area contributed by atoms with Gasteiger partial charge in [0.2, 0.25) is 0 Å². The molecule has 5 heterocycles. The lowest BCUT2D eigenvalue weighted by atomic mass is 9.68. The Morgan fingerprint density at radius 2 is 0.644 bits per heavy atom. The first kappa shape index (κ1) is 30.6. The van der Waals surface area contributed by atoms with Crippen molar-refractivity contribution < 1.29 is 0 Å². The summed E-state index contributed by atoms with van der Waals surface area (Å²) in [6, 6.07) is -1.09. The van der Waals surface area contributed by atoms with E-state index < -0.39 is 0 Å². The lowest BCUT2D eigenvalue weighted by Gasteiger charge is -2.47. The topological polar surface area (TPSA) is 200 Å². The molecule has 5 aliphatic heterocycles. The summed E-state index contributed by atoms with van der Waals surface area (Å²) in [4.78, 5) is 0. The van der Waals surface area contributed by atoms with Crippen molar-refractivity contribution in [3.05, 3.63) is 0 Å². The Kier molecular flexibility index (Phi) is 8.04. The van der Waals surface area contributed by atoms with Crippen LogP contribution in [0.25, 0.3) is 0 Å². The van der Waals surface area contributed by atoms with E-state index in [1.54, 1.807) is 0 Å². The van der Waals surface area contributed by atoms with Crippen molar-refractivity contribution in [1.29, 1.82) is 0 Å². The van der Waals surface area contributed by atoms with E-state index in [4.69, 9.17) is 22.9 Å². The van der Waals surface area contributed by atoms with Crippen LogP contribution in [0.15, 0.2) is 0 Å². The zero-order valence-electron chi connectivity index (χ0n) is 27.2. The van der Waals surface area contributed by atoms with E-state index in [0.717, 1.165) is 0 Å². The predicted octanol–water partition coefficient (Wildman–Crippen LogP) is -1.40. The normalized spacial score (nSPS) is 60.9. The van der Waals surface area contributed by atoms with E-state index >= 15 is 0 Å². The fraction of sp³-hybridized carbons (Fsp3) is 1.00. The van der Waals surface area contributed by atoms with Crippen molar-refractivity contribution in [2.24, 2.45) is 76.2 Å². The molecule has 8 bridgehead atoms. The van der Waals surface area contributed by atoms with Crippen LogP contribution in [0.5, 0.6) is 0 Å². The number of nitrogens with two attached hydrogens (primary N) is 4. The van der Waals surface area contributed by atoms with E-state index in [1.165, 1.54) is 70.6 Å². The zero-order valence-corrected chi connectivity index (χ0v) is 27.2. The molecule has 0 aromatic rings. The van der Waals surface area contributed by atoms with Gasteiger partial charge < -0.3 is 22.9 Å². The lowest BCUT2D eigenvalue weighted by Crippen LogP contribution is -2.72. The van der Waals surface area contributed by atoms with Crippen molar-refractivity contribution >= 4 is 0 Å². The highest BCUT2D eigenvalue weighted by atomic mass is 15.4. The third-order valence-electron chi connectivity index (χ3n) is 14.9. The first-order chi connectivity index (χ1) is 21.9. The van der Waals surface area contributed by atoms with Crippen molar-refractivity contribution in [3.8, 4) is 0 Å². The van der Waals surface area contributed by atoms with E-state index in [0.29, 0.717) is 59.9 Å². The minimum atomic E-state index is -0.321. The molecule has 0 aromatic carbocycles. The van der Waals surface area contributed by atoms with Crippen molar-refractivity contribution in [2.45, 2.75) is 151 Å². The number of hydrogen-bond donors (Lipinski definition) is 12. The largest absolute Gasteiger partial charge is 0.326 e. The van der Waals surface area contributed by atoms with Crippen LogP contribution in [0.2, 0.25) is 0 Å². The maximum atomic E-state index is 7.01. The smallest absolute Gasteiger partial charge is 0.0644 e. The molecule has 0 radical (unpaired) electrons. The highest BCUT2D eigenvalue weighted by Gasteiger charge is 2.59. The molecule has 9 fully saturated rings. The highest BCUT2D eigenvalue weighted by molar-refractivity contribution is 5.16. The minimum Gasteiger partial charge on any atom is -0.326 e. The molecule has 21 atom stereocenters. The van der Waals surface area contributed by atoms with Crippen LogP contribution in [-0.2, 0) is 0 Å². The van der Waals surface area contributed by atoms with Crippen LogP contribution in [0, 0.1) is 53.3 Å². The van der Waals surface area contributed by atoms with Gasteiger partial charge in [-0.15, -0.1) is 0 Å². The van der Waals surface area contributed by atoms with Gasteiger partial charge in [0.1, 0.15) is 0 Å². The first-order valence-corrected chi connectivity index (χ1v) is 19.0. The van der Waals surface area contributed by atoms with Gasteiger partial charge in [-0.3, -0.25) is 42.5 Å². The van der Waals surface area contributed by atoms with Gasteiger partial charge >= 0.3 is 0 Å². The maximum Gasteiger partial charge on any atom is 0.0644 e. The molecule has 21 unspecified atom stereocenters. The molecule has 4 aliphatic carbocycles. The second-order valence-electron chi connectivity index (χ2n) is 17.0. The van der Waals surface area contributed by atoms with Crippen LogP contribution in [0.3, 0.4) is 0 Å². The number of fused-ring (bicyclic) bond motifs is 20. The van der Waals surface area contributed by atoms with E-state index in [9.17, 15) is 0 Å². The maximum absolute atomic E-state index is 7.01. The molecule has 0 spiro atoms. The molecule has 12 nitrogen and oxygen atoms in total. The molecule has 4 saturated carbocycles. The lowest BCUT2D eigenvalue weighted by molar-refractivity contribution is 0.106. The molecule has 9 rings (SSSR count). The Balaban J connectivity index is 1.09. The average molecular weight is 627 g/mol. The van der Waals surface area contributed by atoms with Gasteiger partial charge in [-0.1, -0.05) is 45.4 Å². The van der Waals surface area contributed by atoms with Crippen molar-refractivity contribution in [2.75, 3.05) is 0 Å². The van der Waals surface area contributed by atoms with Gasteiger partial charge in [-0.2, -0.15) is 0 Å². The Morgan fingerprint density at radius 3 is 1.07 bits per heavy atom. The summed E-state index contributed by atoms with van der Waals surface area (Å²) in [5, 5.41) is 33.1. The van der Waals surface area contributed by atoms with Crippen molar-refractivity contribution in [1.82, 2.24) is 42.5 Å². The third-order valence-corrected chi connectivity index (χ3v) is 14.9. The highest BCUT2D eigenvalue weighted by Crippen LogP contribution is 2.46. The number of hydrogen-bond acceptors (Lipinski definition) is 12. The second-order valence-corrected chi connectivity index (χ2v) is 17.0. The summed E-state index contributed by atoms with van der Waals surface area (Å²) >= 11 is 0. The minimum absolute atomic E-state index is 0.000205. The van der Waals surface area contributed by atoms with E-state index in [-0.39, 0.29) is 66.8 Å². The van der Waals surface area contributed by atoms with E-state index in [2.05, 4.69) is 49.5 Å². The van der Waals surface area contributed by atoms with Crippen LogP contribution in [-0.4, -0.2) is 73.5 Å². The first-order valence-electron chi connectivity index (χ1n) is 19.0. The Morgan fingerprint density at radius 1 is 0.333 bits per heavy atom. The fourth-order valence-electron chi connectivity index (χ4n) is 12.7. The SMILES string of the molecule is CC1CCCC2C3NC4NC(NC5NC(NC6NC(NC(N3)C12)C1C(N)C(N)C(N)C(N)C61)C1CCCCC51)C1CCCCC41. The zero-order chi connectivity index (χ0) is 30.6. The molecular formula is C33H62N12. The molecule has 16 N–H and O–H groups in total. The van der Waals surface area contributed by atoms with Crippen LogP contribution >= 0.6 is 0 Å². The monoisotopic (exact) mass is 627 g/mol. The Labute approximate surface area is 269 Å². The molecular weight excluding hydrogens is 564 g/mol. The summed E-state index contributed by atoms with van der Waals surface area (Å²) in [6.45, 7) is 2.47. The van der Waals surface area contributed by atoms with Crippen LogP contribution < -0.4 is 65.5 Å². The van der Waals surface area contributed by atoms with Crippen molar-refractivity contribution in [3.63, 3.8) is 0 Å². The van der Waals surface area contributed by atoms with Gasteiger partial charge in [0.25, 0.3) is 0 Å². The molecule has 9 aliphatic rings. The molecule has 0 amide bonds. The Bertz CT molecular complexity index is 1080. The summed E-state index contributed by atoms with van der Waals surface area (Å²) in [7, 11) is 0. The van der Waals surface area contributed by atoms with Gasteiger partial charge in [0, 0.05) is 36.0 Å². The van der Waals surface area contributed by atoms with Gasteiger partial charge in [-0.05, 0) is 73.5 Å². The quantitative estimate of drug-likeness (QED) is 0.150. The fourth-order valence-corrected chi connectivity index (χ4v) is 12.7. The average Bonchev–Trinajstić information content (AvgIpc) is 3.78. The Hall–Kier alpha value is -0.480. The molecule has 12 heteroatoms. The number of nitrogens with one attached hydrogen (secondary N) is 8. The summed E-state index contributed by atoms with van der Waals surface area (Å²) in [6.07, 6.45) is 16.0. The van der Waals surface area contributed by atoms with Gasteiger partial charge in [0.15, 0.2) is 0 Å². The molecule has 0 aromatic heterocycles. The molecule has 5 saturated heterocycles. The van der Waals surface area contributed by atoms with E-state index in [1.807, 2.05) is 0 Å². The third kappa shape index (κ3) is 4.92. The predicted molar refractivity (Wildman–Crippen MR) is 175 cm³/mol.